The molecule has 1 aromatic rings. The van der Waals surface area contributed by atoms with Crippen molar-refractivity contribution in [2.45, 2.75) is 62.8 Å². The third-order valence-electron chi connectivity index (χ3n) is 3.91. The van der Waals surface area contributed by atoms with E-state index < -0.39 is 26.9 Å². The molecule has 0 aliphatic heterocycles. The Hall–Kier alpha value is -0.300. The lowest BCUT2D eigenvalue weighted by molar-refractivity contribution is 0.106. The summed E-state index contributed by atoms with van der Waals surface area (Å²) in [6.07, 6.45) is 1.72. The molecule has 1 unspecified atom stereocenters. The molecular weight excluding hydrogens is 369 g/mol. The van der Waals surface area contributed by atoms with Crippen molar-refractivity contribution in [1.82, 2.24) is 4.72 Å². The molecule has 1 saturated carbocycles. The van der Waals surface area contributed by atoms with Crippen molar-refractivity contribution in [3.8, 4) is 0 Å². The molecule has 0 bridgehead atoms. The van der Waals surface area contributed by atoms with Crippen LogP contribution in [-0.2, 0) is 16.5 Å². The van der Waals surface area contributed by atoms with Crippen LogP contribution in [0, 0.1) is 5.82 Å². The zero-order chi connectivity index (χ0) is 16.8. The van der Waals surface area contributed by atoms with Crippen LogP contribution in [0.25, 0.3) is 0 Å². The topological polar surface area (TPSA) is 49.3 Å². The Kier molecular flexibility index (Phi) is 4.89. The molecule has 2 rings (SSSR count). The van der Waals surface area contributed by atoms with E-state index in [0.29, 0.717) is 24.8 Å². The van der Waals surface area contributed by atoms with Gasteiger partial charge in [-0.25, -0.2) is 13.3 Å². The molecule has 1 fully saturated rings. The quantitative estimate of drug-likeness (QED) is 0.802. The second-order valence-electron chi connectivity index (χ2n) is 7.34. The van der Waals surface area contributed by atoms with Gasteiger partial charge >= 0.3 is 0 Å². The number of halogens is 2. The average molecular weight is 392 g/mol. The molecule has 22 heavy (non-hydrogen) atoms. The first-order chi connectivity index (χ1) is 9.95. The maximum Gasteiger partial charge on any atom is 0.128 e. The average Bonchev–Trinajstić information content (AvgIpc) is 3.08. The number of nitrogens with one attached hydrogen (secondary N) is 1. The molecule has 0 heterocycles. The lowest BCUT2D eigenvalue weighted by atomic mass is 9.86. The molecular formula is C16H23BrFNO2S. The molecule has 2 atom stereocenters. The number of hydrogen-bond acceptors (Lipinski definition) is 2. The van der Waals surface area contributed by atoms with E-state index >= 15 is 0 Å². The van der Waals surface area contributed by atoms with Crippen molar-refractivity contribution in [3.05, 3.63) is 34.1 Å². The second kappa shape index (κ2) is 5.96. The van der Waals surface area contributed by atoms with E-state index in [4.69, 9.17) is 0 Å². The molecule has 0 aromatic heterocycles. The third kappa shape index (κ3) is 4.16. The van der Waals surface area contributed by atoms with Crippen molar-refractivity contribution in [1.29, 1.82) is 0 Å². The molecule has 1 aromatic carbocycles. The number of aliphatic hydroxyl groups is 1. The SMILES string of the molecule is CC(C)(C)S(=O)N[C@@](C)(CC1(O)CC1)c1cc(Br)ccc1F. The van der Waals surface area contributed by atoms with Crippen molar-refractivity contribution < 1.29 is 13.7 Å². The summed E-state index contributed by atoms with van der Waals surface area (Å²) in [6, 6.07) is 4.70. The van der Waals surface area contributed by atoms with Gasteiger partial charge in [0.25, 0.3) is 0 Å². The Morgan fingerprint density at radius 3 is 2.45 bits per heavy atom. The van der Waals surface area contributed by atoms with Crippen LogP contribution in [0.3, 0.4) is 0 Å². The molecule has 2 N–H and O–H groups in total. The van der Waals surface area contributed by atoms with Gasteiger partial charge in [-0.2, -0.15) is 0 Å². The van der Waals surface area contributed by atoms with Gasteiger partial charge in [0.05, 0.1) is 26.9 Å². The second-order valence-corrected chi connectivity index (χ2v) is 10.2. The highest BCUT2D eigenvalue weighted by Crippen LogP contribution is 2.46. The lowest BCUT2D eigenvalue weighted by Gasteiger charge is -2.36. The number of rotatable bonds is 5. The van der Waals surface area contributed by atoms with Gasteiger partial charge in [0.15, 0.2) is 0 Å². The number of benzene rings is 1. The maximum atomic E-state index is 14.4. The molecule has 3 nitrogen and oxygen atoms in total. The van der Waals surface area contributed by atoms with E-state index in [2.05, 4.69) is 20.7 Å². The summed E-state index contributed by atoms with van der Waals surface area (Å²) in [5.41, 5.74) is -1.28. The van der Waals surface area contributed by atoms with E-state index in [9.17, 15) is 13.7 Å². The largest absolute Gasteiger partial charge is 0.390 e. The van der Waals surface area contributed by atoms with Crippen molar-refractivity contribution in [2.24, 2.45) is 0 Å². The summed E-state index contributed by atoms with van der Waals surface area (Å²) in [7, 11) is -1.37. The monoisotopic (exact) mass is 391 g/mol. The van der Waals surface area contributed by atoms with E-state index in [1.165, 1.54) is 6.07 Å². The van der Waals surface area contributed by atoms with Gasteiger partial charge in [-0.05, 0) is 65.2 Å². The first kappa shape index (κ1) is 18.0. The summed E-state index contributed by atoms with van der Waals surface area (Å²) < 4.78 is 30.2. The lowest BCUT2D eigenvalue weighted by Crippen LogP contribution is -2.48. The highest BCUT2D eigenvalue weighted by atomic mass is 79.9. The van der Waals surface area contributed by atoms with E-state index in [1.807, 2.05) is 20.8 Å². The highest BCUT2D eigenvalue weighted by molar-refractivity contribution is 9.10. The van der Waals surface area contributed by atoms with Gasteiger partial charge in [0.2, 0.25) is 0 Å². The third-order valence-corrected chi connectivity index (χ3v) is 6.15. The molecule has 124 valence electrons. The van der Waals surface area contributed by atoms with Crippen LogP contribution in [0.4, 0.5) is 4.39 Å². The summed E-state index contributed by atoms with van der Waals surface area (Å²) in [4.78, 5) is 0. The van der Waals surface area contributed by atoms with Gasteiger partial charge in [0.1, 0.15) is 5.82 Å². The Balaban J connectivity index is 2.41. The van der Waals surface area contributed by atoms with Crippen molar-refractivity contribution >= 4 is 26.9 Å². The summed E-state index contributed by atoms with van der Waals surface area (Å²) in [5.74, 6) is -0.367. The van der Waals surface area contributed by atoms with Crippen LogP contribution < -0.4 is 4.72 Å². The van der Waals surface area contributed by atoms with Gasteiger partial charge < -0.3 is 5.11 Å². The Bertz CT molecular complexity index is 598. The van der Waals surface area contributed by atoms with Crippen LogP contribution in [0.5, 0.6) is 0 Å². The molecule has 1 aliphatic rings. The zero-order valence-corrected chi connectivity index (χ0v) is 15.8. The predicted molar refractivity (Wildman–Crippen MR) is 91.3 cm³/mol. The molecule has 6 heteroatoms. The summed E-state index contributed by atoms with van der Waals surface area (Å²) >= 11 is 3.36. The standard InChI is InChI=1S/C16H23BrFNO2S/c1-14(2,3)22(21)19-15(4,10-16(20)7-8-16)12-9-11(17)5-6-13(12)18/h5-6,9,19-20H,7-8,10H2,1-4H3/t15-,22?/m0/s1. The van der Waals surface area contributed by atoms with Gasteiger partial charge in [-0.15, -0.1) is 0 Å². The van der Waals surface area contributed by atoms with Gasteiger partial charge in [0, 0.05) is 10.0 Å². The van der Waals surface area contributed by atoms with Gasteiger partial charge in [-0.3, -0.25) is 0 Å². The minimum absolute atomic E-state index is 0.329. The molecule has 0 saturated heterocycles. The normalized spacial score (nSPS) is 21.2. The smallest absolute Gasteiger partial charge is 0.128 e. The number of hydrogen-bond donors (Lipinski definition) is 2. The van der Waals surface area contributed by atoms with Crippen LogP contribution in [0.2, 0.25) is 0 Å². The Morgan fingerprint density at radius 1 is 1.36 bits per heavy atom. The molecule has 0 amide bonds. The zero-order valence-electron chi connectivity index (χ0n) is 13.4. The first-order valence-corrected chi connectivity index (χ1v) is 9.27. The molecule has 0 spiro atoms. The van der Waals surface area contributed by atoms with Crippen LogP contribution in [0.15, 0.2) is 22.7 Å². The molecule has 0 radical (unpaired) electrons. The van der Waals surface area contributed by atoms with Crippen LogP contribution >= 0.6 is 15.9 Å². The first-order valence-electron chi connectivity index (χ1n) is 7.33. The summed E-state index contributed by atoms with van der Waals surface area (Å²) in [5, 5.41) is 10.3. The fraction of sp³-hybridized carbons (Fsp3) is 0.625. The minimum atomic E-state index is -1.37. The van der Waals surface area contributed by atoms with E-state index in [-0.39, 0.29) is 5.82 Å². The van der Waals surface area contributed by atoms with Gasteiger partial charge in [-0.1, -0.05) is 15.9 Å². The fourth-order valence-electron chi connectivity index (χ4n) is 2.44. The van der Waals surface area contributed by atoms with Crippen LogP contribution in [0.1, 0.15) is 52.5 Å². The summed E-state index contributed by atoms with van der Waals surface area (Å²) in [6.45, 7) is 7.39. The molecule has 1 aliphatic carbocycles. The van der Waals surface area contributed by atoms with E-state index in [1.54, 1.807) is 19.1 Å². The minimum Gasteiger partial charge on any atom is -0.390 e. The van der Waals surface area contributed by atoms with Crippen molar-refractivity contribution in [3.63, 3.8) is 0 Å². The predicted octanol–water partition coefficient (Wildman–Crippen LogP) is 3.77. The van der Waals surface area contributed by atoms with Crippen molar-refractivity contribution in [2.75, 3.05) is 0 Å². The maximum absolute atomic E-state index is 14.4. The van der Waals surface area contributed by atoms with E-state index in [0.717, 1.165) is 4.47 Å². The fourth-order valence-corrected chi connectivity index (χ4v) is 3.70. The van der Waals surface area contributed by atoms with Crippen LogP contribution in [-0.4, -0.2) is 19.7 Å². The Morgan fingerprint density at radius 2 is 1.95 bits per heavy atom. The Labute approximate surface area is 142 Å². The highest BCUT2D eigenvalue weighted by Gasteiger charge is 2.48.